The van der Waals surface area contributed by atoms with Gasteiger partial charge in [0.2, 0.25) is 0 Å². The number of carboxylic acid groups (broad SMARTS) is 1. The summed E-state index contributed by atoms with van der Waals surface area (Å²) < 4.78 is 0. The summed E-state index contributed by atoms with van der Waals surface area (Å²) in [5.74, 6) is -0.979. The van der Waals surface area contributed by atoms with Crippen LogP contribution in [-0.2, 0) is 4.79 Å². The molecule has 0 aromatic heterocycles. The topological polar surface area (TPSA) is 60.9 Å². The second kappa shape index (κ2) is 6.23. The van der Waals surface area contributed by atoms with E-state index in [1.807, 2.05) is 13.8 Å². The zero-order valence-electron chi connectivity index (χ0n) is 8.99. The number of carboxylic acids is 1. The average molecular weight is 202 g/mol. The Hall–Kier alpha value is -1.26. The minimum atomic E-state index is -0.979. The molecule has 82 valence electrons. The van der Waals surface area contributed by atoms with E-state index in [2.05, 4.69) is 0 Å². The van der Waals surface area contributed by atoms with Gasteiger partial charge in [-0.3, -0.25) is 4.79 Å². The third-order valence-corrected chi connectivity index (χ3v) is 2.01. The highest BCUT2D eigenvalue weighted by Gasteiger charge is 2.18. The molecule has 2 amide bonds. The molecule has 0 aliphatic heterocycles. The molecule has 0 saturated heterocycles. The summed E-state index contributed by atoms with van der Waals surface area (Å²) in [6.45, 7) is 6.90. The molecule has 1 N–H and O–H groups in total. The minimum Gasteiger partial charge on any atom is -0.480 e. The second-order valence-corrected chi connectivity index (χ2v) is 2.86. The lowest BCUT2D eigenvalue weighted by Gasteiger charge is -2.26. The van der Waals surface area contributed by atoms with Crippen LogP contribution in [0.1, 0.15) is 20.8 Å². The van der Waals surface area contributed by atoms with Crippen LogP contribution in [0.15, 0.2) is 0 Å². The van der Waals surface area contributed by atoms with E-state index < -0.39 is 5.97 Å². The molecule has 0 atom stereocenters. The highest BCUT2D eigenvalue weighted by Crippen LogP contribution is 1.98. The van der Waals surface area contributed by atoms with Crippen molar-refractivity contribution in [1.82, 2.24) is 9.80 Å². The van der Waals surface area contributed by atoms with E-state index >= 15 is 0 Å². The Balaban J connectivity index is 4.35. The molecule has 0 radical (unpaired) electrons. The summed E-state index contributed by atoms with van der Waals surface area (Å²) in [7, 11) is 0. The van der Waals surface area contributed by atoms with Gasteiger partial charge < -0.3 is 14.9 Å². The van der Waals surface area contributed by atoms with Crippen molar-refractivity contribution in [2.24, 2.45) is 0 Å². The molecule has 0 saturated carbocycles. The van der Waals surface area contributed by atoms with Gasteiger partial charge in [-0.15, -0.1) is 0 Å². The Labute approximate surface area is 84.3 Å². The van der Waals surface area contributed by atoms with Gasteiger partial charge in [0.25, 0.3) is 0 Å². The van der Waals surface area contributed by atoms with Crippen LogP contribution in [0.4, 0.5) is 4.79 Å². The van der Waals surface area contributed by atoms with Crippen LogP contribution in [-0.4, -0.2) is 53.1 Å². The van der Waals surface area contributed by atoms with Gasteiger partial charge in [0.15, 0.2) is 0 Å². The summed E-state index contributed by atoms with van der Waals surface area (Å²) in [6, 6.07) is -0.208. The van der Waals surface area contributed by atoms with Crippen LogP contribution in [0.5, 0.6) is 0 Å². The quantitative estimate of drug-likeness (QED) is 0.719. The number of rotatable bonds is 5. The fourth-order valence-corrected chi connectivity index (χ4v) is 1.17. The number of carbonyl (C=O) groups is 2. The third kappa shape index (κ3) is 3.64. The molecule has 5 nitrogen and oxygen atoms in total. The van der Waals surface area contributed by atoms with Crippen LogP contribution in [0, 0.1) is 0 Å². The van der Waals surface area contributed by atoms with Gasteiger partial charge in [0.05, 0.1) is 0 Å². The van der Waals surface area contributed by atoms with E-state index in [9.17, 15) is 9.59 Å². The highest BCUT2D eigenvalue weighted by atomic mass is 16.4. The molecule has 0 aliphatic carbocycles. The van der Waals surface area contributed by atoms with Crippen molar-refractivity contribution in [1.29, 1.82) is 0 Å². The molecule has 0 spiro atoms. The van der Waals surface area contributed by atoms with Gasteiger partial charge in [-0.05, 0) is 20.8 Å². The lowest BCUT2D eigenvalue weighted by molar-refractivity contribution is -0.137. The van der Waals surface area contributed by atoms with Crippen molar-refractivity contribution in [3.8, 4) is 0 Å². The number of likely N-dealkylation sites (N-methyl/N-ethyl adjacent to an activating group) is 1. The van der Waals surface area contributed by atoms with E-state index in [0.717, 1.165) is 0 Å². The molecular weight excluding hydrogens is 184 g/mol. The molecule has 14 heavy (non-hydrogen) atoms. The first-order chi connectivity index (χ1) is 6.56. The van der Waals surface area contributed by atoms with Crippen LogP contribution >= 0.6 is 0 Å². The molecule has 0 fully saturated rings. The van der Waals surface area contributed by atoms with Crippen molar-refractivity contribution < 1.29 is 14.7 Å². The number of hydrogen-bond acceptors (Lipinski definition) is 2. The van der Waals surface area contributed by atoms with Gasteiger partial charge in [-0.25, -0.2) is 4.79 Å². The van der Waals surface area contributed by atoms with E-state index in [1.165, 1.54) is 4.90 Å². The molecule has 0 heterocycles. The molecule has 0 unspecified atom stereocenters. The van der Waals surface area contributed by atoms with Crippen LogP contribution in [0.25, 0.3) is 0 Å². The Kier molecular flexibility index (Phi) is 5.67. The number of nitrogens with zero attached hydrogens (tertiary/aromatic N) is 2. The van der Waals surface area contributed by atoms with Gasteiger partial charge in [0, 0.05) is 19.6 Å². The fraction of sp³-hybridized carbons (Fsp3) is 0.778. The predicted molar refractivity (Wildman–Crippen MR) is 53.2 cm³/mol. The maximum atomic E-state index is 11.7. The van der Waals surface area contributed by atoms with Crippen LogP contribution in [0.3, 0.4) is 0 Å². The summed E-state index contributed by atoms with van der Waals surface area (Å²) in [5.41, 5.74) is 0. The SMILES string of the molecule is CCN(CC)C(=O)N(CC)CC(=O)O. The van der Waals surface area contributed by atoms with Gasteiger partial charge in [0.1, 0.15) is 6.54 Å². The zero-order valence-corrected chi connectivity index (χ0v) is 8.99. The summed E-state index contributed by atoms with van der Waals surface area (Å²) >= 11 is 0. The first-order valence-corrected chi connectivity index (χ1v) is 4.82. The number of amides is 2. The molecule has 0 aliphatic rings. The van der Waals surface area contributed by atoms with E-state index in [0.29, 0.717) is 19.6 Å². The first kappa shape index (κ1) is 12.7. The van der Waals surface area contributed by atoms with Crippen molar-refractivity contribution in [3.63, 3.8) is 0 Å². The van der Waals surface area contributed by atoms with Crippen molar-refractivity contribution in [2.45, 2.75) is 20.8 Å². The number of carbonyl (C=O) groups excluding carboxylic acids is 1. The van der Waals surface area contributed by atoms with Crippen molar-refractivity contribution in [3.05, 3.63) is 0 Å². The van der Waals surface area contributed by atoms with E-state index in [4.69, 9.17) is 5.11 Å². The normalized spacial score (nSPS) is 9.64. The molecule has 0 aromatic rings. The highest BCUT2D eigenvalue weighted by molar-refractivity contribution is 5.80. The monoisotopic (exact) mass is 202 g/mol. The average Bonchev–Trinajstić information content (AvgIpc) is 2.15. The van der Waals surface area contributed by atoms with Crippen LogP contribution in [0.2, 0.25) is 0 Å². The molecular formula is C9H18N2O3. The maximum Gasteiger partial charge on any atom is 0.323 e. The fourth-order valence-electron chi connectivity index (χ4n) is 1.17. The lowest BCUT2D eigenvalue weighted by atomic mass is 10.4. The first-order valence-electron chi connectivity index (χ1n) is 4.82. The van der Waals surface area contributed by atoms with Gasteiger partial charge in [-0.1, -0.05) is 0 Å². The Bertz CT molecular complexity index is 202. The van der Waals surface area contributed by atoms with Crippen LogP contribution < -0.4 is 0 Å². The van der Waals surface area contributed by atoms with Crippen molar-refractivity contribution in [2.75, 3.05) is 26.2 Å². The predicted octanol–water partition coefficient (Wildman–Crippen LogP) is 0.855. The summed E-state index contributed by atoms with van der Waals surface area (Å²) in [4.78, 5) is 25.0. The maximum absolute atomic E-state index is 11.7. The Morgan fingerprint density at radius 1 is 1.00 bits per heavy atom. The standard InChI is InChI=1S/C9H18N2O3/c1-4-10(5-2)9(14)11(6-3)7-8(12)13/h4-7H2,1-3H3,(H,12,13). The zero-order chi connectivity index (χ0) is 11.1. The molecule has 0 aromatic carbocycles. The molecule has 5 heteroatoms. The smallest absolute Gasteiger partial charge is 0.323 e. The number of aliphatic carboxylic acids is 1. The molecule has 0 bridgehead atoms. The number of hydrogen-bond donors (Lipinski definition) is 1. The third-order valence-electron chi connectivity index (χ3n) is 2.01. The Morgan fingerprint density at radius 3 is 1.71 bits per heavy atom. The largest absolute Gasteiger partial charge is 0.480 e. The summed E-state index contributed by atoms with van der Waals surface area (Å²) in [6.07, 6.45) is 0. The lowest BCUT2D eigenvalue weighted by Crippen LogP contribution is -2.45. The number of urea groups is 1. The second-order valence-electron chi connectivity index (χ2n) is 2.86. The Morgan fingerprint density at radius 2 is 1.43 bits per heavy atom. The van der Waals surface area contributed by atoms with E-state index in [1.54, 1.807) is 11.8 Å². The van der Waals surface area contributed by atoms with E-state index in [-0.39, 0.29) is 12.6 Å². The van der Waals surface area contributed by atoms with Crippen molar-refractivity contribution >= 4 is 12.0 Å². The molecule has 0 rings (SSSR count). The van der Waals surface area contributed by atoms with Gasteiger partial charge in [-0.2, -0.15) is 0 Å². The van der Waals surface area contributed by atoms with Gasteiger partial charge >= 0.3 is 12.0 Å². The summed E-state index contributed by atoms with van der Waals surface area (Å²) in [5, 5.41) is 8.58. The minimum absolute atomic E-state index is 0.208.